The number of hydrogen-bond donors (Lipinski definition) is 1. The molecule has 2 heterocycles. The van der Waals surface area contributed by atoms with E-state index in [2.05, 4.69) is 109 Å². The molecule has 3 aromatic carbocycles. The van der Waals surface area contributed by atoms with Gasteiger partial charge in [0.1, 0.15) is 5.82 Å². The number of nitrogens with zero attached hydrogens (tertiary/aromatic N) is 2. The van der Waals surface area contributed by atoms with Gasteiger partial charge in [0, 0.05) is 24.4 Å². The van der Waals surface area contributed by atoms with Gasteiger partial charge < -0.3 is 5.32 Å². The summed E-state index contributed by atoms with van der Waals surface area (Å²) in [7, 11) is 0. The highest BCUT2D eigenvalue weighted by Gasteiger charge is 2.25. The van der Waals surface area contributed by atoms with Crippen molar-refractivity contribution in [2.75, 3.05) is 11.9 Å². The van der Waals surface area contributed by atoms with Crippen LogP contribution in [0.4, 0.5) is 5.82 Å². The van der Waals surface area contributed by atoms with Gasteiger partial charge in [0.25, 0.3) is 0 Å². The van der Waals surface area contributed by atoms with E-state index in [1.165, 1.54) is 52.3 Å². The molecule has 0 radical (unpaired) electrons. The predicted octanol–water partition coefficient (Wildman–Crippen LogP) is 7.12. The van der Waals surface area contributed by atoms with E-state index in [-0.39, 0.29) is 5.92 Å². The Morgan fingerprint density at radius 2 is 1.45 bits per heavy atom. The van der Waals surface area contributed by atoms with Gasteiger partial charge in [0.15, 0.2) is 0 Å². The minimum Gasteiger partial charge on any atom is -0.370 e. The highest BCUT2D eigenvalue weighted by atomic mass is 15.3. The van der Waals surface area contributed by atoms with Crippen LogP contribution in [0.15, 0.2) is 84.9 Å². The summed E-state index contributed by atoms with van der Waals surface area (Å²) in [4.78, 5) is 0. The second-order valence-electron chi connectivity index (χ2n) is 9.36. The summed E-state index contributed by atoms with van der Waals surface area (Å²) in [6.07, 6.45) is 4.37. The lowest BCUT2D eigenvalue weighted by molar-refractivity contribution is 0.723. The molecule has 1 aliphatic rings. The number of para-hydroxylation sites is 1. The standard InChI is InChI=1S/C30H33N3/c1-22(2)25-17-9-10-19-29(25)33-30-26(18-11-12-20-31-30)28(32-33)21-27(23-13-5-3-6-14-23)24-15-7-4-8-16-24/h3-10,13-17,19,22,27,31H,11-12,18,20-21H2,1-2H3. The zero-order valence-corrected chi connectivity index (χ0v) is 19.7. The molecule has 0 unspecified atom stereocenters. The molecule has 0 spiro atoms. The smallest absolute Gasteiger partial charge is 0.133 e. The second kappa shape index (κ2) is 9.66. The maximum atomic E-state index is 5.29. The largest absolute Gasteiger partial charge is 0.370 e. The SMILES string of the molecule is CC(C)c1ccccc1-n1nc(CC(c2ccccc2)c2ccccc2)c2c1NCCCC2. The normalized spacial score (nSPS) is 13.6. The van der Waals surface area contributed by atoms with Crippen LogP contribution in [0, 0.1) is 0 Å². The van der Waals surface area contributed by atoms with Crippen LogP contribution in [0.2, 0.25) is 0 Å². The Kier molecular flexibility index (Phi) is 6.30. The second-order valence-corrected chi connectivity index (χ2v) is 9.36. The molecular weight excluding hydrogens is 402 g/mol. The van der Waals surface area contributed by atoms with Crippen molar-refractivity contribution < 1.29 is 0 Å². The van der Waals surface area contributed by atoms with E-state index in [1.54, 1.807) is 0 Å². The molecule has 0 saturated carbocycles. The number of fused-ring (bicyclic) bond motifs is 1. The summed E-state index contributed by atoms with van der Waals surface area (Å²) in [5, 5.41) is 9.02. The van der Waals surface area contributed by atoms with Gasteiger partial charge in [-0.2, -0.15) is 5.10 Å². The first-order valence-corrected chi connectivity index (χ1v) is 12.3. The first-order valence-electron chi connectivity index (χ1n) is 12.3. The van der Waals surface area contributed by atoms with E-state index in [1.807, 2.05) is 0 Å². The van der Waals surface area contributed by atoms with Gasteiger partial charge in [-0.3, -0.25) is 0 Å². The molecule has 168 valence electrons. The Balaban J connectivity index is 1.63. The van der Waals surface area contributed by atoms with E-state index in [0.29, 0.717) is 5.92 Å². The van der Waals surface area contributed by atoms with E-state index in [4.69, 9.17) is 5.10 Å². The van der Waals surface area contributed by atoms with Crippen LogP contribution in [-0.4, -0.2) is 16.3 Å². The van der Waals surface area contributed by atoms with Gasteiger partial charge in [0.2, 0.25) is 0 Å². The van der Waals surface area contributed by atoms with Crippen molar-refractivity contribution in [3.05, 3.63) is 113 Å². The zero-order chi connectivity index (χ0) is 22.6. The summed E-state index contributed by atoms with van der Waals surface area (Å²) in [6.45, 7) is 5.52. The summed E-state index contributed by atoms with van der Waals surface area (Å²) in [5.74, 6) is 1.91. The number of anilines is 1. The molecule has 1 aliphatic heterocycles. The fraction of sp³-hybridized carbons (Fsp3) is 0.300. The minimum absolute atomic E-state index is 0.281. The van der Waals surface area contributed by atoms with Crippen molar-refractivity contribution in [3.63, 3.8) is 0 Å². The van der Waals surface area contributed by atoms with E-state index in [0.717, 1.165) is 19.4 Å². The molecular formula is C30H33N3. The minimum atomic E-state index is 0.281. The third kappa shape index (κ3) is 4.45. The third-order valence-corrected chi connectivity index (χ3v) is 6.80. The summed E-state index contributed by atoms with van der Waals surface area (Å²) >= 11 is 0. The molecule has 4 aromatic rings. The predicted molar refractivity (Wildman–Crippen MR) is 138 cm³/mol. The first kappa shape index (κ1) is 21.5. The van der Waals surface area contributed by atoms with Gasteiger partial charge in [-0.05, 0) is 47.9 Å². The molecule has 1 aromatic heterocycles. The molecule has 0 saturated heterocycles. The van der Waals surface area contributed by atoms with Gasteiger partial charge in [0.05, 0.1) is 11.4 Å². The van der Waals surface area contributed by atoms with E-state index in [9.17, 15) is 0 Å². The van der Waals surface area contributed by atoms with Crippen molar-refractivity contribution >= 4 is 5.82 Å². The molecule has 0 aliphatic carbocycles. The maximum absolute atomic E-state index is 5.29. The van der Waals surface area contributed by atoms with Gasteiger partial charge >= 0.3 is 0 Å². The average molecular weight is 436 g/mol. The lowest BCUT2D eigenvalue weighted by atomic mass is 9.86. The molecule has 3 nitrogen and oxygen atoms in total. The van der Waals surface area contributed by atoms with E-state index >= 15 is 0 Å². The Bertz CT molecular complexity index is 1150. The Morgan fingerprint density at radius 3 is 2.12 bits per heavy atom. The molecule has 3 heteroatoms. The fourth-order valence-corrected chi connectivity index (χ4v) is 5.07. The monoisotopic (exact) mass is 435 g/mol. The number of aromatic nitrogens is 2. The fourth-order valence-electron chi connectivity index (χ4n) is 5.07. The van der Waals surface area contributed by atoms with Gasteiger partial charge in [-0.15, -0.1) is 0 Å². The molecule has 0 fully saturated rings. The molecule has 33 heavy (non-hydrogen) atoms. The van der Waals surface area contributed by atoms with Crippen LogP contribution < -0.4 is 5.32 Å². The highest BCUT2D eigenvalue weighted by molar-refractivity contribution is 5.57. The van der Waals surface area contributed by atoms with Gasteiger partial charge in [-0.1, -0.05) is 92.7 Å². The first-order chi connectivity index (χ1) is 16.2. The topological polar surface area (TPSA) is 29.9 Å². The summed E-state index contributed by atoms with van der Waals surface area (Å²) < 4.78 is 2.19. The van der Waals surface area contributed by atoms with Crippen LogP contribution in [0.1, 0.15) is 66.5 Å². The quantitative estimate of drug-likeness (QED) is 0.349. The zero-order valence-electron chi connectivity index (χ0n) is 19.7. The van der Waals surface area contributed by atoms with Crippen LogP contribution >= 0.6 is 0 Å². The third-order valence-electron chi connectivity index (χ3n) is 6.80. The molecule has 1 N–H and O–H groups in total. The molecule has 0 bridgehead atoms. The Morgan fingerprint density at radius 1 is 0.818 bits per heavy atom. The van der Waals surface area contributed by atoms with Crippen molar-refractivity contribution in [1.29, 1.82) is 0 Å². The highest BCUT2D eigenvalue weighted by Crippen LogP contribution is 2.35. The molecule has 0 atom stereocenters. The lowest BCUT2D eigenvalue weighted by Crippen LogP contribution is -2.10. The molecule has 5 rings (SSSR count). The summed E-state index contributed by atoms with van der Waals surface area (Å²) in [6, 6.07) is 30.5. The average Bonchev–Trinajstić information content (AvgIpc) is 3.02. The van der Waals surface area contributed by atoms with Crippen LogP contribution in [-0.2, 0) is 12.8 Å². The summed E-state index contributed by atoms with van der Waals surface area (Å²) in [5.41, 5.74) is 7.83. The number of rotatable bonds is 6. The maximum Gasteiger partial charge on any atom is 0.133 e. The van der Waals surface area contributed by atoms with Crippen molar-refractivity contribution in [3.8, 4) is 5.69 Å². The number of nitrogens with one attached hydrogen (secondary N) is 1. The Hall–Kier alpha value is -3.33. The number of benzene rings is 3. The number of hydrogen-bond acceptors (Lipinski definition) is 2. The van der Waals surface area contributed by atoms with Crippen LogP contribution in [0.3, 0.4) is 0 Å². The van der Waals surface area contributed by atoms with Crippen molar-refractivity contribution in [2.24, 2.45) is 0 Å². The van der Waals surface area contributed by atoms with Gasteiger partial charge in [-0.25, -0.2) is 4.68 Å². The molecule has 0 amide bonds. The Labute approximate surface area is 197 Å². The van der Waals surface area contributed by atoms with Crippen molar-refractivity contribution in [2.45, 2.75) is 51.4 Å². The van der Waals surface area contributed by atoms with E-state index < -0.39 is 0 Å². The van der Waals surface area contributed by atoms with Crippen molar-refractivity contribution in [1.82, 2.24) is 9.78 Å². The van der Waals surface area contributed by atoms with Crippen LogP contribution in [0.5, 0.6) is 0 Å². The van der Waals surface area contributed by atoms with Crippen LogP contribution in [0.25, 0.3) is 5.69 Å². The lowest BCUT2D eigenvalue weighted by Gasteiger charge is -2.18.